The van der Waals surface area contributed by atoms with Crippen molar-refractivity contribution in [2.24, 2.45) is 0 Å². The smallest absolute Gasteiger partial charge is 0.261 e. The van der Waals surface area contributed by atoms with Gasteiger partial charge in [-0.3, -0.25) is 14.6 Å². The molecule has 0 bridgehead atoms. The van der Waals surface area contributed by atoms with Crippen LogP contribution in [0.25, 0.3) is 11.4 Å². The molecule has 26 heavy (non-hydrogen) atoms. The van der Waals surface area contributed by atoms with E-state index in [0.717, 1.165) is 18.4 Å². The SMILES string of the molecule is O=C(c1ccc(-c2ccccn2)[nH]c1=O)N(Cc1ccccc1)C1CC1. The fraction of sp³-hybridized carbons (Fsp3) is 0.190. The molecule has 1 aromatic carbocycles. The van der Waals surface area contributed by atoms with Crippen molar-refractivity contribution in [3.05, 3.63) is 88.3 Å². The first-order chi connectivity index (χ1) is 12.7. The number of nitrogens with one attached hydrogen (secondary N) is 1. The molecule has 2 heterocycles. The molecule has 3 aromatic rings. The van der Waals surface area contributed by atoms with E-state index in [4.69, 9.17) is 0 Å². The second-order valence-corrected chi connectivity index (χ2v) is 6.48. The number of nitrogens with zero attached hydrogens (tertiary/aromatic N) is 2. The summed E-state index contributed by atoms with van der Waals surface area (Å²) in [6, 6.07) is 18.9. The lowest BCUT2D eigenvalue weighted by Crippen LogP contribution is -2.36. The van der Waals surface area contributed by atoms with Gasteiger partial charge in [0.2, 0.25) is 0 Å². The summed E-state index contributed by atoms with van der Waals surface area (Å²) in [7, 11) is 0. The maximum atomic E-state index is 13.0. The van der Waals surface area contributed by atoms with Crippen LogP contribution < -0.4 is 5.56 Å². The Hall–Kier alpha value is -3.21. The van der Waals surface area contributed by atoms with E-state index < -0.39 is 0 Å². The molecule has 1 saturated carbocycles. The van der Waals surface area contributed by atoms with Gasteiger partial charge in [-0.2, -0.15) is 0 Å². The molecule has 0 atom stereocenters. The highest BCUT2D eigenvalue weighted by molar-refractivity contribution is 5.94. The highest BCUT2D eigenvalue weighted by atomic mass is 16.2. The molecule has 0 spiro atoms. The van der Waals surface area contributed by atoms with Crippen molar-refractivity contribution in [2.75, 3.05) is 0 Å². The summed E-state index contributed by atoms with van der Waals surface area (Å²) < 4.78 is 0. The van der Waals surface area contributed by atoms with Gasteiger partial charge in [0.15, 0.2) is 0 Å². The molecule has 1 amide bonds. The summed E-state index contributed by atoms with van der Waals surface area (Å²) in [5.74, 6) is -0.217. The van der Waals surface area contributed by atoms with Crippen LogP contribution in [0.15, 0.2) is 71.7 Å². The molecule has 5 heteroatoms. The topological polar surface area (TPSA) is 66.1 Å². The predicted molar refractivity (Wildman–Crippen MR) is 99.6 cm³/mol. The van der Waals surface area contributed by atoms with Crippen molar-refractivity contribution in [1.29, 1.82) is 0 Å². The molecule has 4 rings (SSSR count). The van der Waals surface area contributed by atoms with E-state index in [1.165, 1.54) is 0 Å². The first-order valence-electron chi connectivity index (χ1n) is 8.72. The Morgan fingerprint density at radius 2 is 1.81 bits per heavy atom. The van der Waals surface area contributed by atoms with Gasteiger partial charge in [0.1, 0.15) is 5.56 Å². The standard InChI is InChI=1S/C21H19N3O2/c25-20-17(11-12-19(23-20)18-8-4-5-13-22-18)21(26)24(16-9-10-16)14-15-6-2-1-3-7-15/h1-8,11-13,16H,9-10,14H2,(H,23,25). The minimum absolute atomic E-state index is 0.174. The van der Waals surface area contributed by atoms with E-state index in [2.05, 4.69) is 9.97 Å². The minimum Gasteiger partial charge on any atom is -0.331 e. The third-order valence-electron chi connectivity index (χ3n) is 4.52. The molecule has 0 radical (unpaired) electrons. The van der Waals surface area contributed by atoms with Crippen molar-refractivity contribution in [2.45, 2.75) is 25.4 Å². The molecule has 1 N–H and O–H groups in total. The first kappa shape index (κ1) is 16.3. The number of hydrogen-bond donors (Lipinski definition) is 1. The molecule has 1 aliphatic carbocycles. The third kappa shape index (κ3) is 3.42. The molecule has 1 fully saturated rings. The highest BCUT2D eigenvalue weighted by Gasteiger charge is 2.34. The van der Waals surface area contributed by atoms with Gasteiger partial charge in [-0.25, -0.2) is 0 Å². The van der Waals surface area contributed by atoms with Gasteiger partial charge >= 0.3 is 0 Å². The van der Waals surface area contributed by atoms with Crippen LogP contribution in [0.2, 0.25) is 0 Å². The molecular weight excluding hydrogens is 326 g/mol. The minimum atomic E-state index is -0.378. The number of benzene rings is 1. The van der Waals surface area contributed by atoms with E-state index in [1.807, 2.05) is 48.5 Å². The van der Waals surface area contributed by atoms with E-state index in [1.54, 1.807) is 23.2 Å². The van der Waals surface area contributed by atoms with E-state index in [0.29, 0.717) is 17.9 Å². The molecule has 0 saturated heterocycles. The molecule has 0 unspecified atom stereocenters. The number of rotatable bonds is 5. The largest absolute Gasteiger partial charge is 0.331 e. The first-order valence-corrected chi connectivity index (χ1v) is 8.72. The lowest BCUT2D eigenvalue weighted by molar-refractivity contribution is 0.0728. The summed E-state index contributed by atoms with van der Waals surface area (Å²) in [5.41, 5.74) is 2.14. The Balaban J connectivity index is 1.61. The number of pyridine rings is 2. The number of carbonyl (C=O) groups excluding carboxylic acids is 1. The van der Waals surface area contributed by atoms with Crippen LogP contribution in [0.5, 0.6) is 0 Å². The monoisotopic (exact) mass is 345 g/mol. The molecular formula is C21H19N3O2. The van der Waals surface area contributed by atoms with Crippen LogP contribution in [0.4, 0.5) is 0 Å². The van der Waals surface area contributed by atoms with E-state index >= 15 is 0 Å². The Morgan fingerprint density at radius 1 is 1.04 bits per heavy atom. The van der Waals surface area contributed by atoms with E-state index in [-0.39, 0.29) is 23.1 Å². The Kier molecular flexibility index (Phi) is 4.35. The van der Waals surface area contributed by atoms with Crippen molar-refractivity contribution < 1.29 is 4.79 Å². The van der Waals surface area contributed by atoms with Crippen LogP contribution in [-0.2, 0) is 6.54 Å². The molecule has 1 aliphatic rings. The van der Waals surface area contributed by atoms with Gasteiger partial charge in [0, 0.05) is 18.8 Å². The summed E-state index contributed by atoms with van der Waals surface area (Å²) in [6.07, 6.45) is 3.65. The van der Waals surface area contributed by atoms with Gasteiger partial charge in [-0.05, 0) is 42.7 Å². The van der Waals surface area contributed by atoms with Gasteiger partial charge < -0.3 is 9.88 Å². The Labute approximate surface area is 151 Å². The average molecular weight is 345 g/mol. The van der Waals surface area contributed by atoms with Crippen molar-refractivity contribution in [1.82, 2.24) is 14.9 Å². The average Bonchev–Trinajstić information content (AvgIpc) is 3.52. The van der Waals surface area contributed by atoms with Crippen LogP contribution in [0.3, 0.4) is 0 Å². The summed E-state index contributed by atoms with van der Waals surface area (Å²) in [4.78, 5) is 34.3. The molecule has 0 aliphatic heterocycles. The number of aromatic amines is 1. The van der Waals surface area contributed by atoms with Gasteiger partial charge in [0.25, 0.3) is 11.5 Å². The number of aromatic nitrogens is 2. The highest BCUT2D eigenvalue weighted by Crippen LogP contribution is 2.29. The third-order valence-corrected chi connectivity index (χ3v) is 4.52. The summed E-state index contributed by atoms with van der Waals surface area (Å²) >= 11 is 0. The zero-order valence-corrected chi connectivity index (χ0v) is 14.3. The maximum Gasteiger partial charge on any atom is 0.261 e. The quantitative estimate of drug-likeness (QED) is 0.772. The van der Waals surface area contributed by atoms with Crippen molar-refractivity contribution >= 4 is 5.91 Å². The van der Waals surface area contributed by atoms with Gasteiger partial charge in [-0.15, -0.1) is 0 Å². The molecule has 2 aromatic heterocycles. The summed E-state index contributed by atoms with van der Waals surface area (Å²) in [6.45, 7) is 0.520. The van der Waals surface area contributed by atoms with Crippen LogP contribution >= 0.6 is 0 Å². The number of hydrogen-bond acceptors (Lipinski definition) is 3. The Morgan fingerprint density at radius 3 is 2.46 bits per heavy atom. The van der Waals surface area contributed by atoms with E-state index in [9.17, 15) is 9.59 Å². The van der Waals surface area contributed by atoms with Crippen molar-refractivity contribution in [3.8, 4) is 11.4 Å². The number of amides is 1. The second kappa shape index (κ2) is 6.96. The zero-order chi connectivity index (χ0) is 17.9. The van der Waals surface area contributed by atoms with Gasteiger partial charge in [-0.1, -0.05) is 36.4 Å². The van der Waals surface area contributed by atoms with Crippen LogP contribution in [0, 0.1) is 0 Å². The fourth-order valence-corrected chi connectivity index (χ4v) is 3.00. The maximum absolute atomic E-state index is 13.0. The van der Waals surface area contributed by atoms with Crippen LogP contribution in [-0.4, -0.2) is 26.8 Å². The zero-order valence-electron chi connectivity index (χ0n) is 14.3. The second-order valence-electron chi connectivity index (χ2n) is 6.48. The predicted octanol–water partition coefficient (Wildman–Crippen LogP) is 3.24. The molecule has 5 nitrogen and oxygen atoms in total. The summed E-state index contributed by atoms with van der Waals surface area (Å²) in [5, 5.41) is 0. The molecule has 130 valence electrons. The fourth-order valence-electron chi connectivity index (χ4n) is 3.00. The number of carbonyl (C=O) groups is 1. The lowest BCUT2D eigenvalue weighted by atomic mass is 10.1. The normalized spacial score (nSPS) is 13.4. The Bertz CT molecular complexity index is 963. The number of H-pyrrole nitrogens is 1. The van der Waals surface area contributed by atoms with Crippen LogP contribution in [0.1, 0.15) is 28.8 Å². The van der Waals surface area contributed by atoms with Gasteiger partial charge in [0.05, 0.1) is 11.4 Å². The lowest BCUT2D eigenvalue weighted by Gasteiger charge is -2.22. The van der Waals surface area contributed by atoms with Crippen molar-refractivity contribution in [3.63, 3.8) is 0 Å².